The van der Waals surface area contributed by atoms with Crippen molar-refractivity contribution < 1.29 is 9.50 Å². The summed E-state index contributed by atoms with van der Waals surface area (Å²) in [6, 6.07) is -0.377. The van der Waals surface area contributed by atoms with Crippen LogP contribution in [0.5, 0.6) is 0 Å². The van der Waals surface area contributed by atoms with Gasteiger partial charge in [0.2, 0.25) is 0 Å². The van der Waals surface area contributed by atoms with E-state index in [0.29, 0.717) is 13.7 Å². The number of hydrogen-bond acceptors (Lipinski definition) is 3. The first kappa shape index (κ1) is 11.8. The average molecular weight is 206 g/mol. The van der Waals surface area contributed by atoms with Gasteiger partial charge in [-0.15, -0.1) is 0 Å². The summed E-state index contributed by atoms with van der Waals surface area (Å²) in [7, 11) is 0.607. The zero-order chi connectivity index (χ0) is 11.1. The molecular weight excluding hydrogens is 191 g/mol. The molecule has 1 atom stereocenters. The Balaban J connectivity index is 2.69. The van der Waals surface area contributed by atoms with Gasteiger partial charge in [-0.2, -0.15) is 0 Å². The van der Waals surface area contributed by atoms with Gasteiger partial charge in [-0.1, -0.05) is 0 Å². The van der Waals surface area contributed by atoms with E-state index in [1.165, 1.54) is 6.11 Å². The number of nitrogens with zero attached hydrogens (tertiary/aromatic N) is 2. The van der Waals surface area contributed by atoms with Gasteiger partial charge in [-0.25, -0.2) is 0 Å². The summed E-state index contributed by atoms with van der Waals surface area (Å²) in [4.78, 5) is 17.6. The minimum absolute atomic E-state index is 0.00509. The summed E-state index contributed by atoms with van der Waals surface area (Å²) < 4.78 is 10.2. The average Bonchev–Trinajstić information content (AvgIpc) is 2.41. The van der Waals surface area contributed by atoms with Crippen LogP contribution in [0.4, 0.5) is 0 Å². The van der Waals surface area contributed by atoms with Crippen LogP contribution in [0.3, 0.4) is 0 Å². The first-order valence-electron chi connectivity index (χ1n) is 5.16. The van der Waals surface area contributed by atoms with Crippen molar-refractivity contribution in [1.29, 1.82) is 0 Å². The fraction of sp³-hybridized carbons (Fsp3) is 0.600. The Morgan fingerprint density at radius 2 is 2.40 bits per heavy atom. The van der Waals surface area contributed by atoms with E-state index in [-0.39, 0.29) is 11.9 Å². The van der Waals surface area contributed by atoms with Gasteiger partial charge in [-0.05, 0) is 0 Å². The standard InChI is InChI=1S/C10H15BN2O2/c1-2-6-13-7-4-3-5-9(10(13)14)12-8-11-15/h2,8-9H,1,3-7H2/t9-/m0/s1. The molecule has 0 N–H and O–H groups in total. The Morgan fingerprint density at radius 3 is 3.07 bits per heavy atom. The van der Waals surface area contributed by atoms with Crippen molar-refractivity contribution in [2.75, 3.05) is 13.1 Å². The van der Waals surface area contributed by atoms with Crippen molar-refractivity contribution >= 4 is 19.2 Å². The molecule has 1 heterocycles. The predicted molar refractivity (Wildman–Crippen MR) is 59.3 cm³/mol. The van der Waals surface area contributed by atoms with Crippen molar-refractivity contribution in [2.45, 2.75) is 25.3 Å². The van der Waals surface area contributed by atoms with E-state index in [4.69, 9.17) is 0 Å². The molecule has 1 aliphatic heterocycles. The van der Waals surface area contributed by atoms with Crippen LogP contribution in [0.25, 0.3) is 0 Å². The van der Waals surface area contributed by atoms with Gasteiger partial charge in [0.15, 0.2) is 0 Å². The minimum atomic E-state index is -0.377. The topological polar surface area (TPSA) is 49.7 Å². The van der Waals surface area contributed by atoms with Crippen LogP contribution in [0.1, 0.15) is 19.3 Å². The molecule has 0 aromatic carbocycles. The molecular formula is C10H15BN2O2. The van der Waals surface area contributed by atoms with E-state index in [2.05, 4.69) is 11.6 Å². The van der Waals surface area contributed by atoms with Crippen molar-refractivity contribution in [3.63, 3.8) is 0 Å². The molecule has 0 aliphatic carbocycles. The van der Waals surface area contributed by atoms with Crippen molar-refractivity contribution in [3.8, 4) is 0 Å². The third kappa shape index (κ3) is 3.42. The zero-order valence-electron chi connectivity index (χ0n) is 8.76. The summed E-state index contributed by atoms with van der Waals surface area (Å²) in [5, 5.41) is 0. The Hall–Kier alpha value is -1.26. The molecule has 0 saturated carbocycles. The molecule has 0 radical (unpaired) electrons. The number of rotatable bonds is 4. The molecule has 0 bridgehead atoms. The second kappa shape index (κ2) is 6.27. The fourth-order valence-corrected chi connectivity index (χ4v) is 1.70. The van der Waals surface area contributed by atoms with Gasteiger partial charge < -0.3 is 0 Å². The van der Waals surface area contributed by atoms with E-state index in [1.807, 2.05) is 0 Å². The molecule has 1 fully saturated rings. The Bertz CT molecular complexity index is 279. The number of likely N-dealkylation sites (tertiary alicyclic amines) is 1. The molecule has 15 heavy (non-hydrogen) atoms. The van der Waals surface area contributed by atoms with Gasteiger partial charge in [0.1, 0.15) is 0 Å². The summed E-state index contributed by atoms with van der Waals surface area (Å²) in [5.41, 5.74) is 0. The molecule has 0 unspecified atom stereocenters. The molecule has 80 valence electrons. The molecule has 0 spiro atoms. The molecule has 0 aromatic heterocycles. The summed E-state index contributed by atoms with van der Waals surface area (Å²) in [6.07, 6.45) is 5.58. The summed E-state index contributed by atoms with van der Waals surface area (Å²) in [6.45, 7) is 4.94. The number of amides is 1. The van der Waals surface area contributed by atoms with Gasteiger partial charge >= 0.3 is 89.6 Å². The van der Waals surface area contributed by atoms with Gasteiger partial charge in [0.25, 0.3) is 0 Å². The Labute approximate surface area is 90.3 Å². The molecule has 1 saturated heterocycles. The van der Waals surface area contributed by atoms with Crippen LogP contribution < -0.4 is 0 Å². The maximum absolute atomic E-state index is 11.9. The normalized spacial score (nSPS) is 22.5. The summed E-state index contributed by atoms with van der Waals surface area (Å²) in [5.74, 6) is 0.00509. The van der Waals surface area contributed by atoms with Crippen LogP contribution in [0.15, 0.2) is 17.6 Å². The van der Waals surface area contributed by atoms with E-state index >= 15 is 0 Å². The third-order valence-electron chi connectivity index (χ3n) is 2.43. The molecule has 1 rings (SSSR count). The second-order valence-electron chi connectivity index (χ2n) is 3.52. The van der Waals surface area contributed by atoms with Crippen molar-refractivity contribution in [1.82, 2.24) is 4.90 Å². The van der Waals surface area contributed by atoms with Crippen LogP contribution in [0, 0.1) is 0 Å². The third-order valence-corrected chi connectivity index (χ3v) is 2.43. The quantitative estimate of drug-likeness (QED) is 0.384. The second-order valence-corrected chi connectivity index (χ2v) is 3.52. The first-order valence-corrected chi connectivity index (χ1v) is 5.16. The Morgan fingerprint density at radius 1 is 1.60 bits per heavy atom. The molecule has 5 heteroatoms. The number of aliphatic imine (C=N–C) groups is 1. The number of carbonyl (C=O) groups excluding carboxylic acids is 1. The van der Waals surface area contributed by atoms with Gasteiger partial charge in [0.05, 0.1) is 0 Å². The number of carbonyl (C=O) groups is 1. The van der Waals surface area contributed by atoms with E-state index in [9.17, 15) is 9.50 Å². The van der Waals surface area contributed by atoms with Crippen LogP contribution in [-0.4, -0.2) is 43.2 Å². The molecule has 4 nitrogen and oxygen atoms in total. The number of hydrogen-bond donors (Lipinski definition) is 0. The SMILES string of the molecule is C=CCN1CCCC[C@H](N=CB=O)C1=O. The van der Waals surface area contributed by atoms with Gasteiger partial charge in [0, 0.05) is 0 Å². The van der Waals surface area contributed by atoms with Crippen molar-refractivity contribution in [3.05, 3.63) is 12.7 Å². The monoisotopic (exact) mass is 206 g/mol. The molecule has 1 aliphatic rings. The van der Waals surface area contributed by atoms with Crippen molar-refractivity contribution in [2.24, 2.45) is 4.99 Å². The predicted octanol–water partition coefficient (Wildman–Crippen LogP) is 0.631. The van der Waals surface area contributed by atoms with E-state index in [1.54, 1.807) is 11.0 Å². The van der Waals surface area contributed by atoms with Crippen LogP contribution >= 0.6 is 0 Å². The molecule has 0 aromatic rings. The fourth-order valence-electron chi connectivity index (χ4n) is 1.70. The summed E-state index contributed by atoms with van der Waals surface area (Å²) >= 11 is 0. The van der Waals surface area contributed by atoms with E-state index in [0.717, 1.165) is 25.8 Å². The van der Waals surface area contributed by atoms with E-state index < -0.39 is 0 Å². The zero-order valence-corrected chi connectivity index (χ0v) is 8.76. The Kier molecular flexibility index (Phi) is 4.94. The maximum atomic E-state index is 11.9. The van der Waals surface area contributed by atoms with Crippen LogP contribution in [0.2, 0.25) is 0 Å². The van der Waals surface area contributed by atoms with Gasteiger partial charge in [-0.3, -0.25) is 0 Å². The first-order chi connectivity index (χ1) is 7.29. The molecule has 1 amide bonds. The van der Waals surface area contributed by atoms with Crippen LogP contribution in [-0.2, 0) is 9.50 Å².